The van der Waals surface area contributed by atoms with Crippen molar-refractivity contribution in [3.8, 4) is 0 Å². The van der Waals surface area contributed by atoms with Gasteiger partial charge in [-0.25, -0.2) is 4.79 Å². The summed E-state index contributed by atoms with van der Waals surface area (Å²) in [6.07, 6.45) is -5.50. The molecule has 1 heterocycles. The first-order valence-corrected chi connectivity index (χ1v) is 15.8. The minimum absolute atomic E-state index is 0.0754. The topological polar surface area (TPSA) is 153 Å². The number of nitrogens with zero attached hydrogens (tertiary/aromatic N) is 1. The van der Waals surface area contributed by atoms with E-state index in [1.165, 1.54) is 14.0 Å². The van der Waals surface area contributed by atoms with Gasteiger partial charge in [-0.15, -0.1) is 0 Å². The molecule has 5 aliphatic carbocycles. The number of aliphatic hydroxyl groups is 3. The van der Waals surface area contributed by atoms with Gasteiger partial charge in [-0.3, -0.25) is 4.79 Å². The van der Waals surface area contributed by atoms with E-state index in [9.17, 15) is 24.9 Å². The van der Waals surface area contributed by atoms with Crippen molar-refractivity contribution in [3.05, 3.63) is 35.9 Å². The smallest absolute Gasteiger partial charge is 0.338 e. The van der Waals surface area contributed by atoms with E-state index in [2.05, 4.69) is 4.90 Å². The van der Waals surface area contributed by atoms with Gasteiger partial charge >= 0.3 is 11.9 Å². The van der Waals surface area contributed by atoms with Crippen molar-refractivity contribution in [3.63, 3.8) is 0 Å². The van der Waals surface area contributed by atoms with Crippen LogP contribution in [0.1, 0.15) is 30.1 Å². The zero-order valence-corrected chi connectivity index (χ0v) is 26.6. The minimum Gasteiger partial charge on any atom is -0.455 e. The molecular weight excluding hydrogens is 586 g/mol. The number of likely N-dealkylation sites (tertiary alicyclic amines) is 1. The van der Waals surface area contributed by atoms with Crippen molar-refractivity contribution >= 4 is 11.9 Å². The fraction of sp³-hybridized carbons (Fsp3) is 0.758. The fourth-order valence-electron chi connectivity index (χ4n) is 12.2. The van der Waals surface area contributed by atoms with E-state index >= 15 is 0 Å². The number of rotatable bonds is 8. The molecule has 6 unspecified atom stereocenters. The molecular formula is C33H45NO11. The molecule has 6 aliphatic rings. The largest absolute Gasteiger partial charge is 0.455 e. The number of fused-ring (bicyclic) bond motifs is 2. The predicted molar refractivity (Wildman–Crippen MR) is 156 cm³/mol. The number of hydrogen-bond donors (Lipinski definition) is 3. The summed E-state index contributed by atoms with van der Waals surface area (Å²) in [5.41, 5.74) is -4.79. The summed E-state index contributed by atoms with van der Waals surface area (Å²) in [6.45, 7) is 2.00. The molecule has 15 atom stereocenters. The molecule has 0 aromatic heterocycles. The third-order valence-corrected chi connectivity index (χ3v) is 12.9. The molecule has 1 aromatic carbocycles. The maximum atomic E-state index is 13.7. The van der Waals surface area contributed by atoms with Crippen LogP contribution in [0.2, 0.25) is 0 Å². The molecule has 7 rings (SSSR count). The first kappa shape index (κ1) is 31.4. The SMILES string of the molecule is COC[C@]12CN(C)C3[C@@H]4[C@H](OC)C1[C@]3(C1CC3(O)C(OC(=O)c5ccccc5)C1[C@]4(OC(C)=O)[C@@H](O)[C@@H]3OC)[C@@H](OC)C[C@H]2O. The first-order chi connectivity index (χ1) is 21.4. The van der Waals surface area contributed by atoms with E-state index in [1.807, 2.05) is 7.05 Å². The van der Waals surface area contributed by atoms with Gasteiger partial charge in [0.05, 0.1) is 30.5 Å². The van der Waals surface area contributed by atoms with Crippen molar-refractivity contribution in [2.75, 3.05) is 48.6 Å². The van der Waals surface area contributed by atoms with E-state index in [-0.39, 0.29) is 25.0 Å². The number of aliphatic hydroxyl groups excluding tert-OH is 2. The highest BCUT2D eigenvalue weighted by Crippen LogP contribution is 2.80. The Kier molecular flexibility index (Phi) is 7.28. The van der Waals surface area contributed by atoms with Crippen LogP contribution in [0.4, 0.5) is 0 Å². The first-order valence-electron chi connectivity index (χ1n) is 15.8. The standard InChI is InChI=1S/C33H45NO11/c1-16(35)45-33-21-18(13-31(39,28(43-6)26(33)37)27(21)44-29(38)17-10-8-7-9-11-17)32-20(41-4)12-19(36)30(15-40-3)14-34(2)25(32)22(33)23(42-5)24(30)32/h7-11,18-28,36-37,39H,12-15H2,1-6H3/t18?,19-,20+,21?,22+,23+,24?,25?,26+,27?,28+,30+,31?,32+,33-/m1/s1. The summed E-state index contributed by atoms with van der Waals surface area (Å²) in [4.78, 5) is 29.1. The molecule has 45 heavy (non-hydrogen) atoms. The second-order valence-electron chi connectivity index (χ2n) is 14.3. The molecule has 3 N–H and O–H groups in total. The van der Waals surface area contributed by atoms with Crippen molar-refractivity contribution in [2.45, 2.75) is 73.6 Å². The zero-order chi connectivity index (χ0) is 32.3. The Balaban J connectivity index is 1.52. The van der Waals surface area contributed by atoms with Crippen molar-refractivity contribution in [1.29, 1.82) is 0 Å². The van der Waals surface area contributed by atoms with Gasteiger partial charge in [-0.1, -0.05) is 18.2 Å². The van der Waals surface area contributed by atoms with Crippen molar-refractivity contribution in [1.82, 2.24) is 4.90 Å². The Hall–Kier alpha value is -2.16. The Bertz CT molecular complexity index is 1350. The van der Waals surface area contributed by atoms with Crippen LogP contribution in [0.5, 0.6) is 0 Å². The highest BCUT2D eigenvalue weighted by molar-refractivity contribution is 5.89. The third-order valence-electron chi connectivity index (χ3n) is 12.9. The summed E-state index contributed by atoms with van der Waals surface area (Å²) < 4.78 is 37.2. The van der Waals surface area contributed by atoms with E-state index in [0.717, 1.165) is 0 Å². The van der Waals surface area contributed by atoms with E-state index in [4.69, 9.17) is 28.4 Å². The normalized spacial score (nSPS) is 50.7. The molecule has 1 saturated heterocycles. The van der Waals surface area contributed by atoms with E-state index < -0.39 is 88.3 Å². The monoisotopic (exact) mass is 631 g/mol. The van der Waals surface area contributed by atoms with Gasteiger partial charge in [0.25, 0.3) is 0 Å². The molecule has 7 bridgehead atoms. The Morgan fingerprint density at radius 3 is 2.31 bits per heavy atom. The van der Waals surface area contributed by atoms with Crippen molar-refractivity contribution < 1.29 is 53.3 Å². The van der Waals surface area contributed by atoms with Crippen LogP contribution in [0.25, 0.3) is 0 Å². The van der Waals surface area contributed by atoms with Gasteiger partial charge < -0.3 is 48.6 Å². The molecule has 1 aliphatic heterocycles. The van der Waals surface area contributed by atoms with Gasteiger partial charge in [0.15, 0.2) is 5.60 Å². The predicted octanol–water partition coefficient (Wildman–Crippen LogP) is 0.258. The lowest BCUT2D eigenvalue weighted by Gasteiger charge is -2.70. The maximum absolute atomic E-state index is 13.7. The van der Waals surface area contributed by atoms with Gasteiger partial charge in [-0.05, 0) is 31.5 Å². The highest BCUT2D eigenvalue weighted by Gasteiger charge is 2.92. The molecule has 1 spiro atoms. The summed E-state index contributed by atoms with van der Waals surface area (Å²) in [5, 5.41) is 37.0. The van der Waals surface area contributed by atoms with Crippen LogP contribution in [0, 0.1) is 34.5 Å². The lowest BCUT2D eigenvalue weighted by Crippen LogP contribution is -2.81. The number of methoxy groups -OCH3 is 4. The van der Waals surface area contributed by atoms with Gasteiger partial charge in [0, 0.05) is 83.0 Å². The third kappa shape index (κ3) is 3.55. The molecule has 5 saturated carbocycles. The zero-order valence-electron chi connectivity index (χ0n) is 26.6. The molecule has 248 valence electrons. The number of esters is 2. The van der Waals surface area contributed by atoms with Crippen LogP contribution < -0.4 is 0 Å². The molecule has 0 radical (unpaired) electrons. The summed E-state index contributed by atoms with van der Waals surface area (Å²) in [6, 6.07) is 8.15. The Labute approximate surface area is 262 Å². The van der Waals surface area contributed by atoms with E-state index in [1.54, 1.807) is 51.7 Å². The summed E-state index contributed by atoms with van der Waals surface area (Å²) in [5.74, 6) is -3.66. The quantitative estimate of drug-likeness (QED) is 0.337. The van der Waals surface area contributed by atoms with Gasteiger partial charge in [-0.2, -0.15) is 0 Å². The molecule has 1 aromatic rings. The van der Waals surface area contributed by atoms with Crippen LogP contribution in [-0.4, -0.2) is 135 Å². The average Bonchev–Trinajstić information content (AvgIpc) is 3.40. The number of carbonyl (C=O) groups is 2. The van der Waals surface area contributed by atoms with Crippen molar-refractivity contribution in [2.24, 2.45) is 34.5 Å². The second-order valence-corrected chi connectivity index (χ2v) is 14.3. The number of benzene rings is 1. The fourth-order valence-corrected chi connectivity index (χ4v) is 12.2. The minimum atomic E-state index is -1.83. The highest BCUT2D eigenvalue weighted by atomic mass is 16.6. The number of hydrogen-bond acceptors (Lipinski definition) is 12. The summed E-state index contributed by atoms with van der Waals surface area (Å²) >= 11 is 0. The second kappa shape index (κ2) is 10.4. The molecule has 6 fully saturated rings. The number of carbonyl (C=O) groups excluding carboxylic acids is 2. The van der Waals surface area contributed by atoms with Gasteiger partial charge in [0.2, 0.25) is 0 Å². The Morgan fingerprint density at radius 2 is 1.71 bits per heavy atom. The van der Waals surface area contributed by atoms with Crippen LogP contribution >= 0.6 is 0 Å². The van der Waals surface area contributed by atoms with Gasteiger partial charge in [0.1, 0.15) is 23.9 Å². The lowest BCUT2D eigenvalue weighted by atomic mass is 9.42. The number of piperidine rings is 1. The lowest BCUT2D eigenvalue weighted by molar-refractivity contribution is -0.321. The molecule has 12 heteroatoms. The average molecular weight is 632 g/mol. The maximum Gasteiger partial charge on any atom is 0.338 e. The number of ether oxygens (including phenoxy) is 6. The molecule has 12 nitrogen and oxygen atoms in total. The van der Waals surface area contributed by atoms with Crippen LogP contribution in [0.3, 0.4) is 0 Å². The summed E-state index contributed by atoms with van der Waals surface area (Å²) in [7, 11) is 8.20. The van der Waals surface area contributed by atoms with Crippen LogP contribution in [0.15, 0.2) is 30.3 Å². The van der Waals surface area contributed by atoms with E-state index in [0.29, 0.717) is 18.5 Å². The Morgan fingerprint density at radius 1 is 1.00 bits per heavy atom. The van der Waals surface area contributed by atoms with Crippen LogP contribution in [-0.2, 0) is 33.2 Å². The molecule has 0 amide bonds.